The third kappa shape index (κ3) is 4.77. The molecule has 2 aromatic rings. The zero-order valence-electron chi connectivity index (χ0n) is 15.0. The van der Waals surface area contributed by atoms with Crippen molar-refractivity contribution in [1.29, 1.82) is 0 Å². The molecule has 1 aliphatic rings. The number of rotatable bonds is 4. The first-order chi connectivity index (χ1) is 12.9. The Balaban J connectivity index is 1.54. The first-order valence-electron chi connectivity index (χ1n) is 8.76. The summed E-state index contributed by atoms with van der Waals surface area (Å²) in [5.41, 5.74) is 1.75. The van der Waals surface area contributed by atoms with E-state index in [4.69, 9.17) is 11.6 Å². The second-order valence-corrected chi connectivity index (χ2v) is 6.92. The summed E-state index contributed by atoms with van der Waals surface area (Å²) in [6.45, 7) is 3.86. The molecule has 0 radical (unpaired) electrons. The minimum Gasteiger partial charge on any atom is -0.366 e. The van der Waals surface area contributed by atoms with Crippen LogP contribution in [0.1, 0.15) is 22.8 Å². The molecule has 1 saturated heterocycles. The van der Waals surface area contributed by atoms with Crippen LogP contribution < -0.4 is 10.2 Å². The topological polar surface area (TPSA) is 52.7 Å². The van der Waals surface area contributed by atoms with Crippen molar-refractivity contribution in [2.75, 3.05) is 31.1 Å². The van der Waals surface area contributed by atoms with E-state index in [0.29, 0.717) is 49.0 Å². The second-order valence-electron chi connectivity index (χ2n) is 6.49. The smallest absolute Gasteiger partial charge is 0.317 e. The molecule has 0 unspecified atom stereocenters. The summed E-state index contributed by atoms with van der Waals surface area (Å²) < 4.78 is 14.3. The molecule has 0 spiro atoms. The Kier molecular flexibility index (Phi) is 5.96. The van der Waals surface area contributed by atoms with Crippen LogP contribution in [0, 0.1) is 5.82 Å². The van der Waals surface area contributed by atoms with E-state index in [0.717, 1.165) is 5.56 Å². The number of amides is 2. The van der Waals surface area contributed by atoms with Gasteiger partial charge in [-0.25, -0.2) is 9.18 Å². The molecule has 142 valence electrons. The standard InChI is InChI=1S/C20H21ClFN3O2/c1-14(26)16-5-6-19(18(22)12-16)24-7-9-25(10-8-24)20(27)23-13-15-3-2-4-17(21)11-15/h2-6,11-12H,7-10,13H2,1H3,(H,23,27). The number of carbonyl (C=O) groups excluding carboxylic acids is 2. The number of halogens is 2. The van der Waals surface area contributed by atoms with Gasteiger partial charge in [0, 0.05) is 43.3 Å². The maximum atomic E-state index is 14.3. The number of Topliss-reactive ketones (excluding diaryl/α,β-unsaturated/α-hetero) is 1. The third-order valence-corrected chi connectivity index (χ3v) is 4.83. The zero-order valence-corrected chi connectivity index (χ0v) is 15.8. The number of benzene rings is 2. The maximum Gasteiger partial charge on any atom is 0.317 e. The van der Waals surface area contributed by atoms with E-state index in [2.05, 4.69) is 5.32 Å². The lowest BCUT2D eigenvalue weighted by Crippen LogP contribution is -2.51. The van der Waals surface area contributed by atoms with Crippen molar-refractivity contribution in [3.05, 3.63) is 64.4 Å². The number of nitrogens with zero attached hydrogens (tertiary/aromatic N) is 2. The van der Waals surface area contributed by atoms with E-state index in [1.54, 1.807) is 23.1 Å². The highest BCUT2D eigenvalue weighted by molar-refractivity contribution is 6.30. The zero-order chi connectivity index (χ0) is 19.4. The molecule has 1 heterocycles. The number of carbonyl (C=O) groups is 2. The van der Waals surface area contributed by atoms with Crippen molar-refractivity contribution in [2.45, 2.75) is 13.5 Å². The lowest BCUT2D eigenvalue weighted by molar-refractivity contribution is 0.101. The fourth-order valence-electron chi connectivity index (χ4n) is 3.07. The lowest BCUT2D eigenvalue weighted by atomic mass is 10.1. The van der Waals surface area contributed by atoms with E-state index < -0.39 is 5.82 Å². The maximum absolute atomic E-state index is 14.3. The Morgan fingerprint density at radius 3 is 2.48 bits per heavy atom. The largest absolute Gasteiger partial charge is 0.366 e. The summed E-state index contributed by atoms with van der Waals surface area (Å²) in [7, 11) is 0. The van der Waals surface area contributed by atoms with Gasteiger partial charge in [-0.3, -0.25) is 4.79 Å². The number of ketones is 1. The molecule has 0 atom stereocenters. The van der Waals surface area contributed by atoms with Crippen molar-refractivity contribution in [3.63, 3.8) is 0 Å². The fraction of sp³-hybridized carbons (Fsp3) is 0.300. The monoisotopic (exact) mass is 389 g/mol. The van der Waals surface area contributed by atoms with Crippen LogP contribution in [0.15, 0.2) is 42.5 Å². The average molecular weight is 390 g/mol. The molecule has 2 amide bonds. The molecule has 0 saturated carbocycles. The summed E-state index contributed by atoms with van der Waals surface area (Å²) in [4.78, 5) is 27.3. The number of anilines is 1. The quantitative estimate of drug-likeness (QED) is 0.811. The van der Waals surface area contributed by atoms with Crippen LogP contribution in [0.4, 0.5) is 14.9 Å². The number of piperazine rings is 1. The fourth-order valence-corrected chi connectivity index (χ4v) is 3.28. The van der Waals surface area contributed by atoms with Crippen molar-refractivity contribution >= 4 is 29.1 Å². The second kappa shape index (κ2) is 8.39. The van der Waals surface area contributed by atoms with E-state index in [1.807, 2.05) is 23.1 Å². The van der Waals surface area contributed by atoms with Gasteiger partial charge in [-0.2, -0.15) is 0 Å². The van der Waals surface area contributed by atoms with Crippen molar-refractivity contribution in [2.24, 2.45) is 0 Å². The first kappa shape index (κ1) is 19.2. The summed E-state index contributed by atoms with van der Waals surface area (Å²) >= 11 is 5.94. The number of hydrogen-bond donors (Lipinski definition) is 1. The van der Waals surface area contributed by atoms with Gasteiger partial charge in [0.25, 0.3) is 0 Å². The van der Waals surface area contributed by atoms with Gasteiger partial charge in [0.2, 0.25) is 0 Å². The predicted octanol–water partition coefficient (Wildman–Crippen LogP) is 3.71. The van der Waals surface area contributed by atoms with Gasteiger partial charge in [0.05, 0.1) is 5.69 Å². The van der Waals surface area contributed by atoms with Crippen molar-refractivity contribution in [1.82, 2.24) is 10.2 Å². The Morgan fingerprint density at radius 2 is 1.85 bits per heavy atom. The molecule has 1 fully saturated rings. The molecule has 0 bridgehead atoms. The van der Waals surface area contributed by atoms with Crippen molar-refractivity contribution in [3.8, 4) is 0 Å². The Hall–Kier alpha value is -2.60. The van der Waals surface area contributed by atoms with E-state index in [1.165, 1.54) is 13.0 Å². The SMILES string of the molecule is CC(=O)c1ccc(N2CCN(C(=O)NCc3cccc(Cl)c3)CC2)c(F)c1. The summed E-state index contributed by atoms with van der Waals surface area (Å²) in [5.74, 6) is -0.580. The summed E-state index contributed by atoms with van der Waals surface area (Å²) in [6.07, 6.45) is 0. The van der Waals surface area contributed by atoms with Crippen LogP contribution in [-0.4, -0.2) is 42.9 Å². The molecule has 0 aliphatic carbocycles. The van der Waals surface area contributed by atoms with Gasteiger partial charge in [-0.1, -0.05) is 23.7 Å². The van der Waals surface area contributed by atoms with Crippen LogP contribution in [-0.2, 0) is 6.54 Å². The van der Waals surface area contributed by atoms with Crippen LogP contribution >= 0.6 is 11.6 Å². The van der Waals surface area contributed by atoms with Gasteiger partial charge >= 0.3 is 6.03 Å². The predicted molar refractivity (Wildman–Crippen MR) is 104 cm³/mol. The normalized spacial score (nSPS) is 14.2. The molecule has 27 heavy (non-hydrogen) atoms. The van der Waals surface area contributed by atoms with Gasteiger partial charge < -0.3 is 15.1 Å². The summed E-state index contributed by atoms with van der Waals surface area (Å²) in [6, 6.07) is 11.7. The minimum absolute atomic E-state index is 0.151. The molecule has 1 N–H and O–H groups in total. The highest BCUT2D eigenvalue weighted by Gasteiger charge is 2.23. The molecule has 2 aromatic carbocycles. The molecule has 3 rings (SSSR count). The first-order valence-corrected chi connectivity index (χ1v) is 9.14. The average Bonchev–Trinajstić information content (AvgIpc) is 2.66. The molecule has 0 aromatic heterocycles. The molecule has 7 heteroatoms. The van der Waals surface area contributed by atoms with Crippen LogP contribution in [0.25, 0.3) is 0 Å². The molecule has 1 aliphatic heterocycles. The Labute approximate surface area is 162 Å². The van der Waals surface area contributed by atoms with Crippen LogP contribution in [0.3, 0.4) is 0 Å². The number of urea groups is 1. The third-order valence-electron chi connectivity index (χ3n) is 4.59. The number of nitrogens with one attached hydrogen (secondary N) is 1. The highest BCUT2D eigenvalue weighted by Crippen LogP contribution is 2.22. The number of hydrogen-bond acceptors (Lipinski definition) is 3. The van der Waals surface area contributed by atoms with E-state index in [-0.39, 0.29) is 11.8 Å². The summed E-state index contributed by atoms with van der Waals surface area (Å²) in [5, 5.41) is 3.51. The van der Waals surface area contributed by atoms with E-state index >= 15 is 0 Å². The van der Waals surface area contributed by atoms with Crippen LogP contribution in [0.5, 0.6) is 0 Å². The van der Waals surface area contributed by atoms with E-state index in [9.17, 15) is 14.0 Å². The van der Waals surface area contributed by atoms with Crippen LogP contribution in [0.2, 0.25) is 5.02 Å². The lowest BCUT2D eigenvalue weighted by Gasteiger charge is -2.36. The molecular weight excluding hydrogens is 369 g/mol. The van der Waals surface area contributed by atoms with Gasteiger partial charge in [-0.05, 0) is 42.8 Å². The van der Waals surface area contributed by atoms with Gasteiger partial charge in [-0.15, -0.1) is 0 Å². The van der Waals surface area contributed by atoms with Crippen molar-refractivity contribution < 1.29 is 14.0 Å². The molecule has 5 nitrogen and oxygen atoms in total. The molecular formula is C20H21ClFN3O2. The Bertz CT molecular complexity index is 851. The van der Waals surface area contributed by atoms with Gasteiger partial charge in [0.15, 0.2) is 5.78 Å². The highest BCUT2D eigenvalue weighted by atomic mass is 35.5. The Morgan fingerprint density at radius 1 is 1.11 bits per heavy atom. The van der Waals surface area contributed by atoms with Gasteiger partial charge in [0.1, 0.15) is 5.82 Å². The minimum atomic E-state index is -0.415.